The monoisotopic (exact) mass is 253 g/mol. The van der Waals surface area contributed by atoms with Crippen LogP contribution in [0.15, 0.2) is 30.3 Å². The highest BCUT2D eigenvalue weighted by Gasteiger charge is 2.36. The van der Waals surface area contributed by atoms with Crippen molar-refractivity contribution in [1.82, 2.24) is 5.32 Å². The Kier molecular flexibility index (Phi) is 4.68. The summed E-state index contributed by atoms with van der Waals surface area (Å²) >= 11 is 0. The summed E-state index contributed by atoms with van der Waals surface area (Å²) in [4.78, 5) is 0. The molecule has 100 valence electrons. The number of nitrogens with one attached hydrogen (secondary N) is 1. The SMILES string of the molecule is O[C@@H]1[C@H](O)[C@H](O)CO[C@@H]1NCCc1ccccc1. The smallest absolute Gasteiger partial charge is 0.137 e. The van der Waals surface area contributed by atoms with Gasteiger partial charge in [-0.05, 0) is 12.0 Å². The van der Waals surface area contributed by atoms with E-state index in [1.807, 2.05) is 30.3 Å². The van der Waals surface area contributed by atoms with Crippen LogP contribution in [-0.4, -0.2) is 53.0 Å². The van der Waals surface area contributed by atoms with Crippen LogP contribution in [0.3, 0.4) is 0 Å². The summed E-state index contributed by atoms with van der Waals surface area (Å²) < 4.78 is 5.24. The Bertz CT molecular complexity index is 359. The molecule has 4 atom stereocenters. The van der Waals surface area contributed by atoms with Crippen LogP contribution < -0.4 is 5.32 Å². The van der Waals surface area contributed by atoms with Crippen molar-refractivity contribution in [2.45, 2.75) is 31.0 Å². The molecule has 0 spiro atoms. The molecule has 5 heteroatoms. The van der Waals surface area contributed by atoms with Gasteiger partial charge in [-0.3, -0.25) is 5.32 Å². The van der Waals surface area contributed by atoms with Crippen molar-refractivity contribution in [1.29, 1.82) is 0 Å². The Hall–Kier alpha value is -0.980. The number of rotatable bonds is 4. The van der Waals surface area contributed by atoms with Crippen molar-refractivity contribution in [2.24, 2.45) is 0 Å². The van der Waals surface area contributed by atoms with Gasteiger partial charge in [0.25, 0.3) is 0 Å². The second-order valence-corrected chi connectivity index (χ2v) is 4.49. The lowest BCUT2D eigenvalue weighted by Crippen LogP contribution is -2.58. The molecule has 0 radical (unpaired) electrons. The van der Waals surface area contributed by atoms with Gasteiger partial charge < -0.3 is 20.1 Å². The second kappa shape index (κ2) is 6.26. The largest absolute Gasteiger partial charge is 0.388 e. The van der Waals surface area contributed by atoms with E-state index in [2.05, 4.69) is 5.32 Å². The zero-order valence-corrected chi connectivity index (χ0v) is 10.1. The maximum atomic E-state index is 9.71. The lowest BCUT2D eigenvalue weighted by Gasteiger charge is -2.35. The third-order valence-corrected chi connectivity index (χ3v) is 3.10. The molecule has 4 N–H and O–H groups in total. The van der Waals surface area contributed by atoms with Gasteiger partial charge in [0.1, 0.15) is 24.5 Å². The molecule has 0 aliphatic carbocycles. The zero-order valence-electron chi connectivity index (χ0n) is 10.1. The van der Waals surface area contributed by atoms with E-state index in [4.69, 9.17) is 4.74 Å². The summed E-state index contributed by atoms with van der Waals surface area (Å²) in [5, 5.41) is 31.6. The van der Waals surface area contributed by atoms with Gasteiger partial charge in [-0.2, -0.15) is 0 Å². The van der Waals surface area contributed by atoms with Crippen molar-refractivity contribution >= 4 is 0 Å². The van der Waals surface area contributed by atoms with Crippen molar-refractivity contribution < 1.29 is 20.1 Å². The molecule has 1 aliphatic heterocycles. The van der Waals surface area contributed by atoms with Crippen LogP contribution in [0.2, 0.25) is 0 Å². The Balaban J connectivity index is 1.77. The number of benzene rings is 1. The quantitative estimate of drug-likeness (QED) is 0.568. The summed E-state index contributed by atoms with van der Waals surface area (Å²) in [6.07, 6.45) is -3.11. The molecule has 1 heterocycles. The second-order valence-electron chi connectivity index (χ2n) is 4.49. The van der Waals surface area contributed by atoms with E-state index in [-0.39, 0.29) is 6.61 Å². The molecule has 1 aromatic carbocycles. The van der Waals surface area contributed by atoms with Gasteiger partial charge in [-0.25, -0.2) is 0 Å². The molecule has 18 heavy (non-hydrogen) atoms. The summed E-state index contributed by atoms with van der Waals surface area (Å²) in [5.74, 6) is 0. The minimum atomic E-state index is -1.16. The number of aliphatic hydroxyl groups excluding tert-OH is 3. The molecule has 0 bridgehead atoms. The Morgan fingerprint density at radius 3 is 2.56 bits per heavy atom. The molecule has 1 fully saturated rings. The molecule has 0 unspecified atom stereocenters. The fourth-order valence-corrected chi connectivity index (χ4v) is 1.99. The molecular weight excluding hydrogens is 234 g/mol. The van der Waals surface area contributed by atoms with Crippen LogP contribution in [0, 0.1) is 0 Å². The molecule has 2 rings (SSSR count). The molecule has 0 saturated carbocycles. The number of ether oxygens (including phenoxy) is 1. The predicted octanol–water partition coefficient (Wildman–Crippen LogP) is -0.742. The van der Waals surface area contributed by atoms with Gasteiger partial charge in [-0.1, -0.05) is 30.3 Å². The van der Waals surface area contributed by atoms with E-state index in [1.165, 1.54) is 5.56 Å². The molecule has 5 nitrogen and oxygen atoms in total. The van der Waals surface area contributed by atoms with Gasteiger partial charge in [0.2, 0.25) is 0 Å². The topological polar surface area (TPSA) is 82.0 Å². The summed E-state index contributed by atoms with van der Waals surface area (Å²) in [7, 11) is 0. The van der Waals surface area contributed by atoms with Gasteiger partial charge >= 0.3 is 0 Å². The predicted molar refractivity (Wildman–Crippen MR) is 65.9 cm³/mol. The van der Waals surface area contributed by atoms with Crippen LogP contribution in [0.1, 0.15) is 5.56 Å². The van der Waals surface area contributed by atoms with Crippen molar-refractivity contribution in [2.75, 3.05) is 13.2 Å². The normalized spacial score (nSPS) is 32.4. The maximum absolute atomic E-state index is 9.71. The van der Waals surface area contributed by atoms with Gasteiger partial charge in [0, 0.05) is 6.54 Å². The first-order chi connectivity index (χ1) is 8.68. The van der Waals surface area contributed by atoms with E-state index in [0.717, 1.165) is 6.42 Å². The first-order valence-corrected chi connectivity index (χ1v) is 6.11. The van der Waals surface area contributed by atoms with E-state index in [9.17, 15) is 15.3 Å². The van der Waals surface area contributed by atoms with E-state index in [0.29, 0.717) is 6.54 Å². The number of hydrogen-bond donors (Lipinski definition) is 4. The van der Waals surface area contributed by atoms with Crippen molar-refractivity contribution in [3.05, 3.63) is 35.9 Å². The van der Waals surface area contributed by atoms with Gasteiger partial charge in [0.15, 0.2) is 0 Å². The third-order valence-electron chi connectivity index (χ3n) is 3.10. The van der Waals surface area contributed by atoms with E-state index < -0.39 is 24.5 Å². The molecule has 0 amide bonds. The fraction of sp³-hybridized carbons (Fsp3) is 0.538. The zero-order chi connectivity index (χ0) is 13.0. The number of hydrogen-bond acceptors (Lipinski definition) is 5. The van der Waals surface area contributed by atoms with Gasteiger partial charge in [-0.15, -0.1) is 0 Å². The average Bonchev–Trinajstić information content (AvgIpc) is 2.40. The van der Waals surface area contributed by atoms with Crippen LogP contribution in [0.5, 0.6) is 0 Å². The molecular formula is C13H19NO4. The lowest BCUT2D eigenvalue weighted by atomic mass is 10.0. The standard InChI is InChI=1S/C13H19NO4/c15-10-8-18-13(12(17)11(10)16)14-7-6-9-4-2-1-3-5-9/h1-5,10-17H,6-8H2/t10-,11-,12-,13+/m1/s1. The summed E-state index contributed by atoms with van der Waals surface area (Å²) in [6, 6.07) is 9.96. The van der Waals surface area contributed by atoms with Gasteiger partial charge in [0.05, 0.1) is 6.61 Å². The van der Waals surface area contributed by atoms with Crippen LogP contribution in [-0.2, 0) is 11.2 Å². The number of aliphatic hydroxyl groups is 3. The fourth-order valence-electron chi connectivity index (χ4n) is 1.99. The molecule has 1 saturated heterocycles. The summed E-state index contributed by atoms with van der Waals surface area (Å²) in [6.45, 7) is 0.662. The third kappa shape index (κ3) is 3.28. The molecule has 1 aromatic rings. The first kappa shape index (κ1) is 13.5. The minimum absolute atomic E-state index is 0.0290. The minimum Gasteiger partial charge on any atom is -0.388 e. The Morgan fingerprint density at radius 2 is 1.83 bits per heavy atom. The Morgan fingerprint density at radius 1 is 1.11 bits per heavy atom. The van der Waals surface area contributed by atoms with E-state index >= 15 is 0 Å². The Labute approximate surface area is 106 Å². The molecule has 1 aliphatic rings. The molecule has 0 aromatic heterocycles. The lowest BCUT2D eigenvalue weighted by molar-refractivity contribution is -0.194. The first-order valence-electron chi connectivity index (χ1n) is 6.11. The van der Waals surface area contributed by atoms with Crippen LogP contribution >= 0.6 is 0 Å². The van der Waals surface area contributed by atoms with Crippen LogP contribution in [0.4, 0.5) is 0 Å². The summed E-state index contributed by atoms with van der Waals surface area (Å²) in [5.41, 5.74) is 1.19. The van der Waals surface area contributed by atoms with Crippen molar-refractivity contribution in [3.8, 4) is 0 Å². The van der Waals surface area contributed by atoms with Crippen LogP contribution in [0.25, 0.3) is 0 Å². The average molecular weight is 253 g/mol. The highest BCUT2D eigenvalue weighted by Crippen LogP contribution is 2.13. The maximum Gasteiger partial charge on any atom is 0.137 e. The highest BCUT2D eigenvalue weighted by molar-refractivity contribution is 5.14. The van der Waals surface area contributed by atoms with Crippen molar-refractivity contribution in [3.63, 3.8) is 0 Å². The highest BCUT2D eigenvalue weighted by atomic mass is 16.5. The van der Waals surface area contributed by atoms with E-state index in [1.54, 1.807) is 0 Å².